The Kier molecular flexibility index (Phi) is 3.67. The zero-order valence-corrected chi connectivity index (χ0v) is 11.2. The Bertz CT molecular complexity index is 473. The molecule has 4 heteroatoms. The summed E-state index contributed by atoms with van der Waals surface area (Å²) in [6, 6.07) is 0. The molecule has 0 spiro atoms. The molecule has 0 saturated heterocycles. The van der Waals surface area contributed by atoms with Crippen molar-refractivity contribution in [3.05, 3.63) is 30.4 Å². The SMILES string of the molecule is O=C(NCCn1ccnc1C1CC1)C1CC=CCC1. The molecule has 1 unspecified atom stereocenters. The highest BCUT2D eigenvalue weighted by Crippen LogP contribution is 2.38. The highest BCUT2D eigenvalue weighted by Gasteiger charge is 2.27. The Morgan fingerprint density at radius 2 is 2.26 bits per heavy atom. The molecule has 102 valence electrons. The molecule has 0 radical (unpaired) electrons. The first-order chi connectivity index (χ1) is 9.34. The Hall–Kier alpha value is -1.58. The van der Waals surface area contributed by atoms with Gasteiger partial charge in [-0.1, -0.05) is 12.2 Å². The van der Waals surface area contributed by atoms with E-state index in [1.54, 1.807) is 0 Å². The van der Waals surface area contributed by atoms with Crippen molar-refractivity contribution in [2.24, 2.45) is 5.92 Å². The fraction of sp³-hybridized carbons (Fsp3) is 0.600. The largest absolute Gasteiger partial charge is 0.354 e. The monoisotopic (exact) mass is 259 g/mol. The van der Waals surface area contributed by atoms with Crippen LogP contribution in [-0.4, -0.2) is 22.0 Å². The first kappa shape index (κ1) is 12.5. The Labute approximate surface area is 113 Å². The fourth-order valence-electron chi connectivity index (χ4n) is 2.69. The number of allylic oxidation sites excluding steroid dienone is 2. The van der Waals surface area contributed by atoms with E-state index >= 15 is 0 Å². The zero-order valence-electron chi connectivity index (χ0n) is 11.2. The molecule has 0 aromatic carbocycles. The number of hydrogen-bond donors (Lipinski definition) is 1. The van der Waals surface area contributed by atoms with Crippen LogP contribution in [0.3, 0.4) is 0 Å². The number of amides is 1. The molecule has 1 aromatic heterocycles. The molecule has 1 amide bonds. The van der Waals surface area contributed by atoms with Gasteiger partial charge in [0.1, 0.15) is 5.82 Å². The van der Waals surface area contributed by atoms with Gasteiger partial charge >= 0.3 is 0 Å². The third kappa shape index (κ3) is 3.06. The second-order valence-electron chi connectivity index (χ2n) is 5.53. The van der Waals surface area contributed by atoms with Crippen LogP contribution in [0.5, 0.6) is 0 Å². The van der Waals surface area contributed by atoms with Gasteiger partial charge in [0, 0.05) is 37.3 Å². The number of nitrogens with one attached hydrogen (secondary N) is 1. The van der Waals surface area contributed by atoms with Crippen molar-refractivity contribution >= 4 is 5.91 Å². The fourth-order valence-corrected chi connectivity index (χ4v) is 2.69. The summed E-state index contributed by atoms with van der Waals surface area (Å²) in [5.41, 5.74) is 0. The summed E-state index contributed by atoms with van der Waals surface area (Å²) in [6.07, 6.45) is 13.6. The van der Waals surface area contributed by atoms with E-state index in [0.717, 1.165) is 25.8 Å². The van der Waals surface area contributed by atoms with Crippen LogP contribution < -0.4 is 5.32 Å². The normalized spacial score (nSPS) is 22.4. The van der Waals surface area contributed by atoms with Gasteiger partial charge in [-0.15, -0.1) is 0 Å². The summed E-state index contributed by atoms with van der Waals surface area (Å²) >= 11 is 0. The van der Waals surface area contributed by atoms with Gasteiger partial charge in [0.15, 0.2) is 0 Å². The minimum Gasteiger partial charge on any atom is -0.354 e. The minimum absolute atomic E-state index is 0.177. The standard InChI is InChI=1S/C15H21N3O/c19-15(13-4-2-1-3-5-13)17-9-11-18-10-8-16-14(18)12-6-7-12/h1-2,8,10,12-13H,3-7,9,11H2,(H,17,19). The van der Waals surface area contributed by atoms with E-state index in [9.17, 15) is 4.79 Å². The molecule has 1 fully saturated rings. The van der Waals surface area contributed by atoms with Gasteiger partial charge < -0.3 is 9.88 Å². The van der Waals surface area contributed by atoms with Gasteiger partial charge in [-0.2, -0.15) is 0 Å². The van der Waals surface area contributed by atoms with Gasteiger partial charge in [-0.3, -0.25) is 4.79 Å². The van der Waals surface area contributed by atoms with Crippen molar-refractivity contribution in [2.45, 2.75) is 44.6 Å². The van der Waals surface area contributed by atoms with Crippen LogP contribution in [-0.2, 0) is 11.3 Å². The van der Waals surface area contributed by atoms with Gasteiger partial charge in [-0.25, -0.2) is 4.98 Å². The number of imidazole rings is 1. The molecule has 0 aliphatic heterocycles. The number of carbonyl (C=O) groups excluding carboxylic acids is 1. The number of carbonyl (C=O) groups is 1. The lowest BCUT2D eigenvalue weighted by atomic mass is 9.94. The molecule has 1 heterocycles. The quantitative estimate of drug-likeness (QED) is 0.824. The third-order valence-electron chi connectivity index (χ3n) is 3.98. The summed E-state index contributed by atoms with van der Waals surface area (Å²) in [5, 5.41) is 3.06. The number of rotatable bonds is 5. The summed E-state index contributed by atoms with van der Waals surface area (Å²) in [6.45, 7) is 1.54. The molecule has 0 bridgehead atoms. The molecule has 1 atom stereocenters. The molecule has 19 heavy (non-hydrogen) atoms. The van der Waals surface area contributed by atoms with Crippen LogP contribution >= 0.6 is 0 Å². The van der Waals surface area contributed by atoms with E-state index in [2.05, 4.69) is 27.0 Å². The van der Waals surface area contributed by atoms with Gasteiger partial charge in [-0.05, 0) is 32.1 Å². The second kappa shape index (κ2) is 5.59. The topological polar surface area (TPSA) is 46.9 Å². The first-order valence-corrected chi connectivity index (χ1v) is 7.28. The molecular formula is C15H21N3O. The molecule has 1 N–H and O–H groups in total. The van der Waals surface area contributed by atoms with Gasteiger partial charge in [0.2, 0.25) is 5.91 Å². The summed E-state index contributed by atoms with van der Waals surface area (Å²) in [7, 11) is 0. The van der Waals surface area contributed by atoms with Gasteiger partial charge in [0.05, 0.1) is 0 Å². The van der Waals surface area contributed by atoms with Crippen LogP contribution in [0.2, 0.25) is 0 Å². The van der Waals surface area contributed by atoms with Crippen LogP contribution in [0.1, 0.15) is 43.8 Å². The van der Waals surface area contributed by atoms with Crippen molar-refractivity contribution in [1.29, 1.82) is 0 Å². The summed E-state index contributed by atoms with van der Waals surface area (Å²) in [5.74, 6) is 2.23. The molecule has 1 aromatic rings. The Balaban J connectivity index is 1.46. The highest BCUT2D eigenvalue weighted by atomic mass is 16.1. The molecule has 3 rings (SSSR count). The van der Waals surface area contributed by atoms with E-state index in [1.165, 1.54) is 18.7 Å². The Morgan fingerprint density at radius 1 is 1.37 bits per heavy atom. The van der Waals surface area contributed by atoms with E-state index in [0.29, 0.717) is 12.5 Å². The van der Waals surface area contributed by atoms with Crippen molar-refractivity contribution in [3.63, 3.8) is 0 Å². The summed E-state index contributed by atoms with van der Waals surface area (Å²) in [4.78, 5) is 16.4. The van der Waals surface area contributed by atoms with E-state index in [1.807, 2.05) is 12.4 Å². The van der Waals surface area contributed by atoms with Gasteiger partial charge in [0.25, 0.3) is 0 Å². The summed E-state index contributed by atoms with van der Waals surface area (Å²) < 4.78 is 2.18. The van der Waals surface area contributed by atoms with Crippen molar-refractivity contribution < 1.29 is 4.79 Å². The maximum Gasteiger partial charge on any atom is 0.223 e. The molecular weight excluding hydrogens is 238 g/mol. The molecule has 2 aliphatic rings. The number of aromatic nitrogens is 2. The average Bonchev–Trinajstić information content (AvgIpc) is 3.19. The zero-order chi connectivity index (χ0) is 13.1. The lowest BCUT2D eigenvalue weighted by Gasteiger charge is -2.17. The van der Waals surface area contributed by atoms with E-state index in [4.69, 9.17) is 0 Å². The highest BCUT2D eigenvalue weighted by molar-refractivity contribution is 5.78. The molecule has 2 aliphatic carbocycles. The predicted molar refractivity (Wildman–Crippen MR) is 73.7 cm³/mol. The smallest absolute Gasteiger partial charge is 0.223 e. The second-order valence-corrected chi connectivity index (χ2v) is 5.53. The number of nitrogens with zero attached hydrogens (tertiary/aromatic N) is 2. The minimum atomic E-state index is 0.177. The van der Waals surface area contributed by atoms with Crippen LogP contribution in [0.25, 0.3) is 0 Å². The Morgan fingerprint density at radius 3 is 3.00 bits per heavy atom. The van der Waals surface area contributed by atoms with Crippen molar-refractivity contribution in [3.8, 4) is 0 Å². The predicted octanol–water partition coefficient (Wildman–Crippen LogP) is 2.23. The van der Waals surface area contributed by atoms with E-state index in [-0.39, 0.29) is 11.8 Å². The lowest BCUT2D eigenvalue weighted by molar-refractivity contribution is -0.125. The molecule has 4 nitrogen and oxygen atoms in total. The third-order valence-corrected chi connectivity index (χ3v) is 3.98. The van der Waals surface area contributed by atoms with Crippen molar-refractivity contribution in [1.82, 2.24) is 14.9 Å². The lowest BCUT2D eigenvalue weighted by Crippen LogP contribution is -2.33. The van der Waals surface area contributed by atoms with Crippen LogP contribution in [0.15, 0.2) is 24.5 Å². The maximum atomic E-state index is 12.0. The van der Waals surface area contributed by atoms with Crippen molar-refractivity contribution in [2.75, 3.05) is 6.54 Å². The average molecular weight is 259 g/mol. The maximum absolute atomic E-state index is 12.0. The van der Waals surface area contributed by atoms with E-state index < -0.39 is 0 Å². The van der Waals surface area contributed by atoms with Crippen LogP contribution in [0.4, 0.5) is 0 Å². The van der Waals surface area contributed by atoms with Crippen LogP contribution in [0, 0.1) is 5.92 Å². The molecule has 1 saturated carbocycles. The number of hydrogen-bond acceptors (Lipinski definition) is 2. The first-order valence-electron chi connectivity index (χ1n) is 7.28.